The van der Waals surface area contributed by atoms with Gasteiger partial charge in [-0.1, -0.05) is 0 Å². The average Bonchev–Trinajstić information content (AvgIpc) is 2.27. The zero-order valence-electron chi connectivity index (χ0n) is 6.90. The lowest BCUT2D eigenvalue weighted by molar-refractivity contribution is -0.137. The Morgan fingerprint density at radius 2 is 2.15 bits per heavy atom. The molecule has 0 saturated heterocycles. The van der Waals surface area contributed by atoms with E-state index in [1.807, 2.05) is 0 Å². The number of nitrogens with zero attached hydrogens (tertiary/aromatic N) is 2. The summed E-state index contributed by atoms with van der Waals surface area (Å²) in [5.74, 6) is 0. The van der Waals surface area contributed by atoms with Crippen molar-refractivity contribution in [3.63, 3.8) is 0 Å². The summed E-state index contributed by atoms with van der Waals surface area (Å²) < 4.78 is 37.4. The Morgan fingerprint density at radius 1 is 1.54 bits per heavy atom. The van der Waals surface area contributed by atoms with Crippen LogP contribution in [0, 0.1) is 6.92 Å². The van der Waals surface area contributed by atoms with Crippen LogP contribution >= 0.6 is 15.9 Å². The third-order valence-electron chi connectivity index (χ3n) is 1.51. The lowest BCUT2D eigenvalue weighted by atomic mass is 10.4. The first-order valence-electron chi connectivity index (χ1n) is 3.65. The average molecular weight is 257 g/mol. The van der Waals surface area contributed by atoms with Gasteiger partial charge in [0, 0.05) is 12.7 Å². The van der Waals surface area contributed by atoms with Crippen LogP contribution in [0.5, 0.6) is 0 Å². The second-order valence-electron chi connectivity index (χ2n) is 2.69. The fourth-order valence-corrected chi connectivity index (χ4v) is 1.17. The third-order valence-corrected chi connectivity index (χ3v) is 2.29. The van der Waals surface area contributed by atoms with Gasteiger partial charge in [-0.25, -0.2) is 0 Å². The summed E-state index contributed by atoms with van der Waals surface area (Å²) in [6.45, 7) is 1.60. The summed E-state index contributed by atoms with van der Waals surface area (Å²) in [6, 6.07) is 0. The molecular weight excluding hydrogens is 249 g/mol. The Morgan fingerprint density at radius 3 is 2.54 bits per heavy atom. The van der Waals surface area contributed by atoms with Crippen LogP contribution in [0.4, 0.5) is 13.2 Å². The van der Waals surface area contributed by atoms with Crippen molar-refractivity contribution >= 4 is 15.9 Å². The van der Waals surface area contributed by atoms with Crippen LogP contribution in [-0.4, -0.2) is 16.0 Å². The predicted octanol–water partition coefficient (Wildman–Crippen LogP) is 2.91. The van der Waals surface area contributed by atoms with Crippen molar-refractivity contribution in [2.45, 2.75) is 26.1 Å². The summed E-state index contributed by atoms with van der Waals surface area (Å²) >= 11 is 3.17. The molecule has 1 rings (SSSR count). The molecular formula is C7H8BrF3N2. The van der Waals surface area contributed by atoms with Gasteiger partial charge in [0.15, 0.2) is 0 Å². The van der Waals surface area contributed by atoms with Gasteiger partial charge in [-0.15, -0.1) is 0 Å². The molecule has 74 valence electrons. The van der Waals surface area contributed by atoms with E-state index in [2.05, 4.69) is 21.0 Å². The summed E-state index contributed by atoms with van der Waals surface area (Å²) in [5, 5.41) is 3.88. The lowest BCUT2D eigenvalue weighted by Crippen LogP contribution is -2.12. The van der Waals surface area contributed by atoms with E-state index in [9.17, 15) is 13.2 Å². The molecule has 0 saturated carbocycles. The zero-order valence-corrected chi connectivity index (χ0v) is 8.48. The second kappa shape index (κ2) is 3.69. The summed E-state index contributed by atoms with van der Waals surface area (Å²) in [5.41, 5.74) is 0.696. The van der Waals surface area contributed by atoms with E-state index >= 15 is 0 Å². The van der Waals surface area contributed by atoms with Crippen LogP contribution in [-0.2, 0) is 6.54 Å². The molecule has 0 radical (unpaired) electrons. The Labute approximate surface area is 81.9 Å². The van der Waals surface area contributed by atoms with Gasteiger partial charge in [-0.05, 0) is 22.9 Å². The molecule has 0 bridgehead atoms. The van der Waals surface area contributed by atoms with Crippen molar-refractivity contribution in [1.29, 1.82) is 0 Å². The van der Waals surface area contributed by atoms with Crippen molar-refractivity contribution in [2.75, 3.05) is 0 Å². The van der Waals surface area contributed by atoms with E-state index < -0.39 is 12.6 Å². The molecule has 0 atom stereocenters. The van der Waals surface area contributed by atoms with E-state index in [1.165, 1.54) is 4.68 Å². The fourth-order valence-electron chi connectivity index (χ4n) is 0.849. The topological polar surface area (TPSA) is 17.8 Å². The highest BCUT2D eigenvalue weighted by Crippen LogP contribution is 2.21. The van der Waals surface area contributed by atoms with Crippen LogP contribution in [0.15, 0.2) is 10.7 Å². The van der Waals surface area contributed by atoms with Gasteiger partial charge in [0.05, 0.1) is 16.6 Å². The van der Waals surface area contributed by atoms with Gasteiger partial charge >= 0.3 is 6.18 Å². The fraction of sp³-hybridized carbons (Fsp3) is 0.571. The molecule has 0 aliphatic rings. The highest BCUT2D eigenvalue weighted by Gasteiger charge is 2.26. The van der Waals surface area contributed by atoms with Crippen molar-refractivity contribution in [3.8, 4) is 0 Å². The second-order valence-corrected chi connectivity index (χ2v) is 3.55. The van der Waals surface area contributed by atoms with Crippen molar-refractivity contribution in [1.82, 2.24) is 9.78 Å². The van der Waals surface area contributed by atoms with E-state index in [-0.39, 0.29) is 6.54 Å². The first kappa shape index (κ1) is 10.6. The molecule has 0 N–H and O–H groups in total. The predicted molar refractivity (Wildman–Crippen MR) is 45.3 cm³/mol. The van der Waals surface area contributed by atoms with Crippen LogP contribution in [0.1, 0.15) is 12.1 Å². The Balaban J connectivity index is 2.56. The van der Waals surface area contributed by atoms with Gasteiger partial charge in [0.1, 0.15) is 0 Å². The van der Waals surface area contributed by atoms with Gasteiger partial charge in [-0.2, -0.15) is 18.3 Å². The number of hydrogen-bond acceptors (Lipinski definition) is 1. The molecule has 0 amide bonds. The van der Waals surface area contributed by atoms with E-state index in [1.54, 1.807) is 13.1 Å². The lowest BCUT2D eigenvalue weighted by Gasteiger charge is -2.05. The first-order chi connectivity index (χ1) is 5.88. The Bertz CT molecular complexity index is 273. The molecule has 0 aromatic carbocycles. The molecule has 0 aliphatic heterocycles. The maximum absolute atomic E-state index is 11.8. The molecule has 1 aromatic heterocycles. The third kappa shape index (κ3) is 3.38. The van der Waals surface area contributed by atoms with E-state index in [0.29, 0.717) is 5.69 Å². The molecule has 2 nitrogen and oxygen atoms in total. The number of alkyl halides is 3. The quantitative estimate of drug-likeness (QED) is 0.796. The molecule has 6 heteroatoms. The normalized spacial score (nSPS) is 12.1. The number of halogens is 4. The Hall–Kier alpha value is -0.520. The van der Waals surface area contributed by atoms with Crippen molar-refractivity contribution < 1.29 is 13.2 Å². The molecule has 1 aromatic rings. The minimum atomic E-state index is -4.12. The van der Waals surface area contributed by atoms with Gasteiger partial charge in [0.2, 0.25) is 0 Å². The zero-order chi connectivity index (χ0) is 10.1. The molecule has 0 spiro atoms. The highest BCUT2D eigenvalue weighted by molar-refractivity contribution is 9.10. The largest absolute Gasteiger partial charge is 0.390 e. The van der Waals surface area contributed by atoms with Gasteiger partial charge in [-0.3, -0.25) is 4.68 Å². The van der Waals surface area contributed by atoms with Crippen LogP contribution < -0.4 is 0 Å². The maximum atomic E-state index is 11.8. The van der Waals surface area contributed by atoms with Gasteiger partial charge in [0.25, 0.3) is 0 Å². The number of rotatable bonds is 2. The van der Waals surface area contributed by atoms with Crippen molar-refractivity contribution in [2.24, 2.45) is 0 Å². The van der Waals surface area contributed by atoms with Crippen LogP contribution in [0.3, 0.4) is 0 Å². The minimum Gasteiger partial charge on any atom is -0.271 e. The van der Waals surface area contributed by atoms with Crippen LogP contribution in [0.2, 0.25) is 0 Å². The Kier molecular flexibility index (Phi) is 3.00. The molecule has 1 heterocycles. The maximum Gasteiger partial charge on any atom is 0.390 e. The smallest absolute Gasteiger partial charge is 0.271 e. The highest BCUT2D eigenvalue weighted by atomic mass is 79.9. The monoisotopic (exact) mass is 256 g/mol. The minimum absolute atomic E-state index is 0.129. The van der Waals surface area contributed by atoms with E-state index in [0.717, 1.165) is 4.47 Å². The summed E-state index contributed by atoms with van der Waals surface area (Å²) in [4.78, 5) is 0. The molecule has 0 unspecified atom stereocenters. The van der Waals surface area contributed by atoms with E-state index in [4.69, 9.17) is 0 Å². The van der Waals surface area contributed by atoms with Crippen molar-refractivity contribution in [3.05, 3.63) is 16.4 Å². The number of aryl methyl sites for hydroxylation is 2. The molecule has 0 aliphatic carbocycles. The molecule has 13 heavy (non-hydrogen) atoms. The first-order valence-corrected chi connectivity index (χ1v) is 4.44. The van der Waals surface area contributed by atoms with Crippen LogP contribution in [0.25, 0.3) is 0 Å². The SMILES string of the molecule is Cc1nn(CCC(F)(F)F)cc1Br. The van der Waals surface area contributed by atoms with Gasteiger partial charge < -0.3 is 0 Å². The molecule has 0 fully saturated rings. The standard InChI is InChI=1S/C7H8BrF3N2/c1-5-6(8)4-13(12-5)3-2-7(9,10)11/h4H,2-3H2,1H3. The number of hydrogen-bond donors (Lipinski definition) is 0. The summed E-state index contributed by atoms with van der Waals surface area (Å²) in [6.07, 6.45) is -3.42. The number of aromatic nitrogens is 2. The summed E-state index contributed by atoms with van der Waals surface area (Å²) in [7, 11) is 0.